The van der Waals surface area contributed by atoms with Crippen LogP contribution in [0.3, 0.4) is 0 Å². The smallest absolute Gasteiger partial charge is 0.243 e. The van der Waals surface area contributed by atoms with Crippen LogP contribution in [0.25, 0.3) is 0 Å². The fourth-order valence-corrected chi connectivity index (χ4v) is 3.43. The number of hydrogen-bond acceptors (Lipinski definition) is 4. The Hall–Kier alpha value is -1.40. The van der Waals surface area contributed by atoms with Gasteiger partial charge in [0.05, 0.1) is 12.6 Å². The Morgan fingerprint density at radius 3 is 2.95 bits per heavy atom. The van der Waals surface area contributed by atoms with Crippen LogP contribution in [0.2, 0.25) is 0 Å². The fraction of sp³-hybridized carbons (Fsp3) is 0.733. The first-order valence-corrected chi connectivity index (χ1v) is 7.60. The Morgan fingerprint density at radius 1 is 1.52 bits per heavy atom. The molecule has 6 heteroatoms. The molecule has 1 aromatic heterocycles. The van der Waals surface area contributed by atoms with Crippen LogP contribution in [-0.4, -0.2) is 45.2 Å². The number of ether oxygens (including phenoxy) is 1. The fourth-order valence-electron chi connectivity index (χ4n) is 3.43. The number of fused-ring (bicyclic) bond motifs is 1. The SMILES string of the molecule is CCOC1CC(N)(C(=O)N2CCn3ccnc3C2)C1(C)C. The molecule has 1 amide bonds. The number of nitrogens with zero attached hydrogens (tertiary/aromatic N) is 3. The summed E-state index contributed by atoms with van der Waals surface area (Å²) in [5.41, 5.74) is 5.30. The van der Waals surface area contributed by atoms with Crippen LogP contribution in [0.1, 0.15) is 33.0 Å². The third-order valence-corrected chi connectivity index (χ3v) is 5.24. The van der Waals surface area contributed by atoms with Gasteiger partial charge in [0.25, 0.3) is 0 Å². The van der Waals surface area contributed by atoms with E-state index in [1.54, 1.807) is 6.20 Å². The number of carbonyl (C=O) groups excluding carboxylic acids is 1. The number of nitrogens with two attached hydrogens (primary N) is 1. The van der Waals surface area contributed by atoms with Gasteiger partial charge >= 0.3 is 0 Å². The van der Waals surface area contributed by atoms with E-state index < -0.39 is 5.54 Å². The molecule has 0 spiro atoms. The van der Waals surface area contributed by atoms with Crippen molar-refractivity contribution >= 4 is 5.91 Å². The number of imidazole rings is 1. The van der Waals surface area contributed by atoms with Gasteiger partial charge in [0, 0.05) is 43.9 Å². The van der Waals surface area contributed by atoms with Gasteiger partial charge in [-0.05, 0) is 6.92 Å². The standard InChI is InChI=1S/C15H24N4O2/c1-4-21-11-9-15(16,14(11,2)3)13(20)19-8-7-18-6-5-17-12(18)10-19/h5-6,11H,4,7-10,16H2,1-3H3. The van der Waals surface area contributed by atoms with Gasteiger partial charge in [0.15, 0.2) is 0 Å². The molecule has 2 heterocycles. The van der Waals surface area contributed by atoms with Crippen LogP contribution in [0.5, 0.6) is 0 Å². The molecule has 1 aromatic rings. The molecule has 0 aromatic carbocycles. The molecule has 2 atom stereocenters. The van der Waals surface area contributed by atoms with Crippen molar-refractivity contribution in [3.05, 3.63) is 18.2 Å². The molecule has 2 aliphatic rings. The highest BCUT2D eigenvalue weighted by molar-refractivity contribution is 5.89. The maximum atomic E-state index is 12.9. The third-order valence-electron chi connectivity index (χ3n) is 5.24. The summed E-state index contributed by atoms with van der Waals surface area (Å²) in [6.07, 6.45) is 4.38. The van der Waals surface area contributed by atoms with E-state index in [4.69, 9.17) is 10.5 Å². The molecular weight excluding hydrogens is 268 g/mol. The molecule has 1 fully saturated rings. The zero-order valence-electron chi connectivity index (χ0n) is 13.0. The Morgan fingerprint density at radius 2 is 2.29 bits per heavy atom. The number of amides is 1. The van der Waals surface area contributed by atoms with Gasteiger partial charge in [-0.2, -0.15) is 0 Å². The van der Waals surface area contributed by atoms with Gasteiger partial charge in [-0.25, -0.2) is 4.98 Å². The molecule has 0 bridgehead atoms. The maximum absolute atomic E-state index is 12.9. The third kappa shape index (κ3) is 2.00. The van der Waals surface area contributed by atoms with Gasteiger partial charge in [0.2, 0.25) is 5.91 Å². The first-order chi connectivity index (χ1) is 9.90. The number of carbonyl (C=O) groups is 1. The van der Waals surface area contributed by atoms with E-state index in [-0.39, 0.29) is 17.4 Å². The first kappa shape index (κ1) is 14.5. The maximum Gasteiger partial charge on any atom is 0.243 e. The topological polar surface area (TPSA) is 73.4 Å². The highest BCUT2D eigenvalue weighted by atomic mass is 16.5. The summed E-state index contributed by atoms with van der Waals surface area (Å²) in [6, 6.07) is 0. The van der Waals surface area contributed by atoms with Crippen LogP contribution < -0.4 is 5.73 Å². The van der Waals surface area contributed by atoms with Gasteiger partial charge < -0.3 is 19.9 Å². The molecular formula is C15H24N4O2. The van der Waals surface area contributed by atoms with Gasteiger partial charge in [0.1, 0.15) is 11.4 Å². The lowest BCUT2D eigenvalue weighted by Gasteiger charge is -2.58. The Balaban J connectivity index is 1.75. The van der Waals surface area contributed by atoms with Crippen molar-refractivity contribution in [3.63, 3.8) is 0 Å². The molecule has 2 unspecified atom stereocenters. The molecule has 1 aliphatic carbocycles. The predicted molar refractivity (Wildman–Crippen MR) is 78.4 cm³/mol. The van der Waals surface area contributed by atoms with E-state index in [0.29, 0.717) is 26.1 Å². The van der Waals surface area contributed by atoms with Crippen molar-refractivity contribution < 1.29 is 9.53 Å². The van der Waals surface area contributed by atoms with Crippen molar-refractivity contribution in [2.75, 3.05) is 13.2 Å². The summed E-state index contributed by atoms with van der Waals surface area (Å²) in [4.78, 5) is 19.0. The molecule has 0 saturated heterocycles. The summed E-state index contributed by atoms with van der Waals surface area (Å²) < 4.78 is 7.79. The molecule has 3 rings (SSSR count). The van der Waals surface area contributed by atoms with Crippen molar-refractivity contribution in [1.29, 1.82) is 0 Å². The van der Waals surface area contributed by atoms with Crippen molar-refractivity contribution in [2.45, 2.75) is 51.9 Å². The Kier molecular flexibility index (Phi) is 3.33. The van der Waals surface area contributed by atoms with Crippen molar-refractivity contribution in [3.8, 4) is 0 Å². The van der Waals surface area contributed by atoms with Gasteiger partial charge in [-0.1, -0.05) is 13.8 Å². The highest BCUT2D eigenvalue weighted by Gasteiger charge is 2.63. The number of hydrogen-bond donors (Lipinski definition) is 1. The van der Waals surface area contributed by atoms with Crippen molar-refractivity contribution in [2.24, 2.45) is 11.1 Å². The molecule has 116 valence electrons. The lowest BCUT2D eigenvalue weighted by molar-refractivity contribution is -0.180. The highest BCUT2D eigenvalue weighted by Crippen LogP contribution is 2.50. The number of rotatable bonds is 3. The van der Waals surface area contributed by atoms with Crippen LogP contribution in [0.15, 0.2) is 12.4 Å². The Labute approximate surface area is 125 Å². The first-order valence-electron chi connectivity index (χ1n) is 7.60. The molecule has 1 aliphatic heterocycles. The van der Waals surface area contributed by atoms with Crippen LogP contribution in [0, 0.1) is 5.41 Å². The molecule has 2 N–H and O–H groups in total. The minimum Gasteiger partial charge on any atom is -0.378 e. The van der Waals surface area contributed by atoms with E-state index in [9.17, 15) is 4.79 Å². The summed E-state index contributed by atoms with van der Waals surface area (Å²) in [5, 5.41) is 0. The van der Waals surface area contributed by atoms with E-state index in [2.05, 4.69) is 9.55 Å². The summed E-state index contributed by atoms with van der Waals surface area (Å²) in [6.45, 7) is 8.70. The minimum absolute atomic E-state index is 0.0257. The average Bonchev–Trinajstić information content (AvgIpc) is 2.93. The summed E-state index contributed by atoms with van der Waals surface area (Å²) in [7, 11) is 0. The second kappa shape index (κ2) is 4.81. The predicted octanol–water partition coefficient (Wildman–Crippen LogP) is 0.758. The molecule has 0 radical (unpaired) electrons. The summed E-state index contributed by atoms with van der Waals surface area (Å²) >= 11 is 0. The van der Waals surface area contributed by atoms with Crippen molar-refractivity contribution in [1.82, 2.24) is 14.5 Å². The van der Waals surface area contributed by atoms with E-state index >= 15 is 0 Å². The lowest BCUT2D eigenvalue weighted by atomic mass is 9.54. The van der Waals surface area contributed by atoms with E-state index in [0.717, 1.165) is 12.4 Å². The minimum atomic E-state index is -0.832. The largest absolute Gasteiger partial charge is 0.378 e. The second-order valence-corrected chi connectivity index (χ2v) is 6.60. The molecule has 1 saturated carbocycles. The van der Waals surface area contributed by atoms with Gasteiger partial charge in [-0.15, -0.1) is 0 Å². The quantitative estimate of drug-likeness (QED) is 0.892. The average molecular weight is 292 g/mol. The second-order valence-electron chi connectivity index (χ2n) is 6.60. The normalized spacial score (nSPS) is 30.7. The van der Waals surface area contributed by atoms with Crippen LogP contribution in [-0.2, 0) is 22.6 Å². The molecule has 6 nitrogen and oxygen atoms in total. The Bertz CT molecular complexity index is 554. The number of aromatic nitrogens is 2. The van der Waals surface area contributed by atoms with Crippen LogP contribution >= 0.6 is 0 Å². The molecule has 21 heavy (non-hydrogen) atoms. The summed E-state index contributed by atoms with van der Waals surface area (Å²) in [5.74, 6) is 0.953. The van der Waals surface area contributed by atoms with E-state index in [1.165, 1.54) is 0 Å². The zero-order valence-corrected chi connectivity index (χ0v) is 13.0. The van der Waals surface area contributed by atoms with Gasteiger partial charge in [-0.3, -0.25) is 4.79 Å². The van der Waals surface area contributed by atoms with E-state index in [1.807, 2.05) is 31.9 Å². The van der Waals surface area contributed by atoms with Crippen LogP contribution in [0.4, 0.5) is 0 Å². The lowest BCUT2D eigenvalue weighted by Crippen LogP contribution is -2.76. The zero-order chi connectivity index (χ0) is 15.3. The monoisotopic (exact) mass is 292 g/mol.